The summed E-state index contributed by atoms with van der Waals surface area (Å²) in [4.78, 5) is 13.0. The van der Waals surface area contributed by atoms with Crippen LogP contribution in [-0.4, -0.2) is 39.8 Å². The first kappa shape index (κ1) is 18.7. The van der Waals surface area contributed by atoms with Crippen LogP contribution in [0.4, 0.5) is 0 Å². The van der Waals surface area contributed by atoms with Crippen LogP contribution in [0.15, 0.2) is 34.5 Å². The molecule has 24 heavy (non-hydrogen) atoms. The Hall–Kier alpha value is -1.61. The van der Waals surface area contributed by atoms with Crippen molar-refractivity contribution in [3.8, 4) is 5.75 Å². The van der Waals surface area contributed by atoms with Crippen LogP contribution in [-0.2, 0) is 16.6 Å². The molecule has 0 saturated heterocycles. The lowest BCUT2D eigenvalue weighted by atomic mass is 10.2. The van der Waals surface area contributed by atoms with Crippen LogP contribution in [0, 0.1) is 0 Å². The summed E-state index contributed by atoms with van der Waals surface area (Å²) in [5.74, 6) is 0.0518. The first-order valence-corrected chi connectivity index (χ1v) is 9.52. The molecule has 0 atom stereocenters. The van der Waals surface area contributed by atoms with Gasteiger partial charge in [-0.05, 0) is 30.3 Å². The van der Waals surface area contributed by atoms with Crippen LogP contribution in [0.3, 0.4) is 0 Å². The predicted octanol–water partition coefficient (Wildman–Crippen LogP) is 2.59. The van der Waals surface area contributed by atoms with Gasteiger partial charge < -0.3 is 10.1 Å². The molecule has 1 aromatic carbocycles. The Kier molecular flexibility index (Phi) is 5.87. The average molecular weight is 389 g/mol. The van der Waals surface area contributed by atoms with Crippen LogP contribution in [0.2, 0.25) is 5.02 Å². The Morgan fingerprint density at radius 2 is 2.00 bits per heavy atom. The number of ether oxygens (including phenoxy) is 1. The van der Waals surface area contributed by atoms with Gasteiger partial charge in [-0.25, -0.2) is 12.7 Å². The second-order valence-electron chi connectivity index (χ2n) is 5.04. The minimum atomic E-state index is -3.46. The van der Waals surface area contributed by atoms with Gasteiger partial charge in [-0.1, -0.05) is 11.6 Å². The van der Waals surface area contributed by atoms with Crippen LogP contribution in [0.25, 0.3) is 0 Å². The Bertz CT molecular complexity index is 847. The Labute approximate surface area is 150 Å². The zero-order valence-corrected chi connectivity index (χ0v) is 15.8. The van der Waals surface area contributed by atoms with Gasteiger partial charge in [0.1, 0.15) is 9.96 Å². The Morgan fingerprint density at radius 3 is 2.62 bits per heavy atom. The number of halogens is 1. The largest absolute Gasteiger partial charge is 0.496 e. The minimum absolute atomic E-state index is 0.220. The summed E-state index contributed by atoms with van der Waals surface area (Å²) in [6.45, 7) is 0.220. The number of methoxy groups -OCH3 is 1. The maximum Gasteiger partial charge on any atom is 0.255 e. The molecule has 0 fully saturated rings. The molecule has 1 aromatic heterocycles. The van der Waals surface area contributed by atoms with Gasteiger partial charge in [-0.15, -0.1) is 11.3 Å². The lowest BCUT2D eigenvalue weighted by Crippen LogP contribution is -2.23. The van der Waals surface area contributed by atoms with Gasteiger partial charge in [0.2, 0.25) is 0 Å². The molecule has 0 aliphatic rings. The van der Waals surface area contributed by atoms with Crippen molar-refractivity contribution in [2.24, 2.45) is 0 Å². The van der Waals surface area contributed by atoms with E-state index in [0.29, 0.717) is 16.3 Å². The van der Waals surface area contributed by atoms with Crippen molar-refractivity contribution in [3.05, 3.63) is 45.8 Å². The number of benzene rings is 1. The molecule has 2 aromatic rings. The highest BCUT2D eigenvalue weighted by Gasteiger charge is 2.20. The van der Waals surface area contributed by atoms with E-state index in [0.717, 1.165) is 20.5 Å². The molecule has 6 nitrogen and oxygen atoms in total. The molecule has 0 spiro atoms. The van der Waals surface area contributed by atoms with Gasteiger partial charge in [-0.2, -0.15) is 0 Å². The Balaban J connectivity index is 2.09. The number of rotatable bonds is 6. The molecule has 2 rings (SSSR count). The molecule has 0 bridgehead atoms. The lowest BCUT2D eigenvalue weighted by Gasteiger charge is -2.09. The number of thiophene rings is 1. The van der Waals surface area contributed by atoms with Crippen molar-refractivity contribution >= 4 is 38.9 Å². The monoisotopic (exact) mass is 388 g/mol. The highest BCUT2D eigenvalue weighted by Crippen LogP contribution is 2.25. The van der Waals surface area contributed by atoms with Gasteiger partial charge in [0.25, 0.3) is 15.9 Å². The molecule has 1 N–H and O–H groups in total. The third-order valence-corrected chi connectivity index (χ3v) is 6.81. The van der Waals surface area contributed by atoms with E-state index < -0.39 is 10.0 Å². The normalized spacial score (nSPS) is 11.5. The molecular weight excluding hydrogens is 372 g/mol. The number of nitrogens with one attached hydrogen (secondary N) is 1. The highest BCUT2D eigenvalue weighted by molar-refractivity contribution is 7.91. The summed E-state index contributed by atoms with van der Waals surface area (Å²) in [7, 11) is 0.952. The van der Waals surface area contributed by atoms with Gasteiger partial charge in [-0.3, -0.25) is 4.79 Å². The molecule has 1 heterocycles. The first-order valence-electron chi connectivity index (χ1n) is 6.88. The smallest absolute Gasteiger partial charge is 0.255 e. The van der Waals surface area contributed by atoms with Gasteiger partial charge >= 0.3 is 0 Å². The lowest BCUT2D eigenvalue weighted by molar-refractivity contribution is 0.0948. The quantitative estimate of drug-likeness (QED) is 0.825. The van der Waals surface area contributed by atoms with Crippen LogP contribution in [0.5, 0.6) is 5.75 Å². The number of hydrogen-bond acceptors (Lipinski definition) is 5. The maximum atomic E-state index is 12.3. The van der Waals surface area contributed by atoms with Crippen molar-refractivity contribution in [3.63, 3.8) is 0 Å². The van der Waals surface area contributed by atoms with Crippen LogP contribution < -0.4 is 10.1 Å². The van der Waals surface area contributed by atoms with E-state index in [2.05, 4.69) is 5.32 Å². The zero-order valence-electron chi connectivity index (χ0n) is 13.4. The SMILES string of the molecule is COc1cc(Cl)ccc1C(=O)NCc1ccc(S(=O)(=O)N(C)C)s1. The van der Waals surface area contributed by atoms with Gasteiger partial charge in [0, 0.05) is 24.0 Å². The summed E-state index contributed by atoms with van der Waals surface area (Å²) in [6, 6.07) is 7.95. The third-order valence-electron chi connectivity index (χ3n) is 3.20. The maximum absolute atomic E-state index is 12.3. The number of carbonyl (C=O) groups excluding carboxylic acids is 1. The Morgan fingerprint density at radius 1 is 1.29 bits per heavy atom. The third kappa shape index (κ3) is 4.07. The summed E-state index contributed by atoms with van der Waals surface area (Å²) in [5.41, 5.74) is 0.361. The molecule has 0 saturated carbocycles. The van der Waals surface area contributed by atoms with E-state index in [1.165, 1.54) is 27.3 Å². The predicted molar refractivity (Wildman–Crippen MR) is 94.4 cm³/mol. The summed E-state index contributed by atoms with van der Waals surface area (Å²) in [5, 5.41) is 3.22. The molecule has 0 unspecified atom stereocenters. The fraction of sp³-hybridized carbons (Fsp3) is 0.267. The van der Waals surface area contributed by atoms with E-state index in [9.17, 15) is 13.2 Å². The standard InChI is InChI=1S/C15H17ClN2O4S2/c1-18(2)24(20,21)14-7-5-11(23-14)9-17-15(19)12-6-4-10(16)8-13(12)22-3/h4-8H,9H2,1-3H3,(H,17,19). The number of carbonyl (C=O) groups is 1. The molecule has 0 aliphatic heterocycles. The number of sulfonamides is 1. The summed E-state index contributed by atoms with van der Waals surface area (Å²) >= 11 is 6.99. The number of amides is 1. The van der Waals surface area contributed by atoms with E-state index in [-0.39, 0.29) is 16.7 Å². The molecule has 0 aliphatic carbocycles. The van der Waals surface area contributed by atoms with E-state index in [4.69, 9.17) is 16.3 Å². The van der Waals surface area contributed by atoms with Crippen molar-refractivity contribution in [1.29, 1.82) is 0 Å². The molecule has 9 heteroatoms. The van der Waals surface area contributed by atoms with Crippen molar-refractivity contribution in [1.82, 2.24) is 9.62 Å². The fourth-order valence-corrected chi connectivity index (χ4v) is 4.51. The molecule has 1 amide bonds. The fourth-order valence-electron chi connectivity index (χ4n) is 1.89. The molecule has 130 valence electrons. The second-order valence-corrected chi connectivity index (χ2v) is 9.02. The highest BCUT2D eigenvalue weighted by atomic mass is 35.5. The first-order chi connectivity index (χ1) is 11.3. The average Bonchev–Trinajstić information content (AvgIpc) is 3.02. The minimum Gasteiger partial charge on any atom is -0.496 e. The molecule has 0 radical (unpaired) electrons. The topological polar surface area (TPSA) is 75.7 Å². The van der Waals surface area contributed by atoms with Crippen molar-refractivity contribution in [2.45, 2.75) is 10.8 Å². The summed E-state index contributed by atoms with van der Waals surface area (Å²) in [6.07, 6.45) is 0. The number of nitrogens with zero attached hydrogens (tertiary/aromatic N) is 1. The van der Waals surface area contributed by atoms with E-state index >= 15 is 0 Å². The summed E-state index contributed by atoms with van der Waals surface area (Å²) < 4.78 is 30.6. The van der Waals surface area contributed by atoms with Crippen LogP contribution in [0.1, 0.15) is 15.2 Å². The van der Waals surface area contributed by atoms with Gasteiger partial charge in [0.15, 0.2) is 0 Å². The zero-order chi connectivity index (χ0) is 17.9. The van der Waals surface area contributed by atoms with Gasteiger partial charge in [0.05, 0.1) is 19.2 Å². The van der Waals surface area contributed by atoms with Crippen molar-refractivity contribution in [2.75, 3.05) is 21.2 Å². The van der Waals surface area contributed by atoms with Crippen molar-refractivity contribution < 1.29 is 17.9 Å². The second kappa shape index (κ2) is 7.52. The van der Waals surface area contributed by atoms with Crippen LogP contribution >= 0.6 is 22.9 Å². The number of hydrogen-bond donors (Lipinski definition) is 1. The van der Waals surface area contributed by atoms with E-state index in [1.807, 2.05) is 0 Å². The molecular formula is C15H17ClN2O4S2. The van der Waals surface area contributed by atoms with E-state index in [1.54, 1.807) is 24.3 Å².